The molecule has 3 nitrogen and oxygen atoms in total. The van der Waals surface area contributed by atoms with Gasteiger partial charge in [-0.2, -0.15) is 0 Å². The second-order valence-electron chi connectivity index (χ2n) is 4.19. The molecule has 1 fully saturated rings. The van der Waals surface area contributed by atoms with Gasteiger partial charge in [-0.1, -0.05) is 13.3 Å². The first-order valence-corrected chi connectivity index (χ1v) is 5.77. The summed E-state index contributed by atoms with van der Waals surface area (Å²) < 4.78 is 0. The maximum Gasteiger partial charge on any atom is 0.224 e. The number of nitrogens with zero attached hydrogens (tertiary/aromatic N) is 1. The number of rotatable bonds is 4. The topological polar surface area (TPSA) is 46.3 Å². The Morgan fingerprint density at radius 3 is 2.57 bits per heavy atom. The minimum Gasteiger partial charge on any atom is -0.343 e. The Kier molecular flexibility index (Phi) is 4.94. The van der Waals surface area contributed by atoms with Gasteiger partial charge in [0.2, 0.25) is 5.91 Å². The van der Waals surface area contributed by atoms with Crippen molar-refractivity contribution in [2.24, 2.45) is 5.73 Å². The molecule has 0 aromatic rings. The van der Waals surface area contributed by atoms with E-state index in [1.165, 1.54) is 6.42 Å². The molecule has 1 saturated heterocycles. The molecule has 1 aliphatic heterocycles. The van der Waals surface area contributed by atoms with Crippen molar-refractivity contribution in [2.45, 2.75) is 51.5 Å². The molecule has 0 saturated carbocycles. The SMILES string of the molecule is CCCC(N)CC(=O)N1CCCCC1. The summed E-state index contributed by atoms with van der Waals surface area (Å²) in [6.45, 7) is 3.99. The molecule has 14 heavy (non-hydrogen) atoms. The Balaban J connectivity index is 2.25. The van der Waals surface area contributed by atoms with Gasteiger partial charge in [0.1, 0.15) is 0 Å². The van der Waals surface area contributed by atoms with Crippen molar-refractivity contribution in [3.05, 3.63) is 0 Å². The minimum atomic E-state index is 0.0643. The molecule has 82 valence electrons. The van der Waals surface area contributed by atoms with Gasteiger partial charge in [-0.05, 0) is 25.7 Å². The van der Waals surface area contributed by atoms with E-state index in [4.69, 9.17) is 5.73 Å². The van der Waals surface area contributed by atoms with E-state index >= 15 is 0 Å². The molecule has 0 aromatic heterocycles. The molecule has 1 amide bonds. The smallest absolute Gasteiger partial charge is 0.224 e. The van der Waals surface area contributed by atoms with Crippen LogP contribution in [0.3, 0.4) is 0 Å². The van der Waals surface area contributed by atoms with Crippen LogP contribution in [0.1, 0.15) is 45.4 Å². The maximum atomic E-state index is 11.7. The van der Waals surface area contributed by atoms with E-state index in [-0.39, 0.29) is 11.9 Å². The van der Waals surface area contributed by atoms with Crippen molar-refractivity contribution in [2.75, 3.05) is 13.1 Å². The fraction of sp³-hybridized carbons (Fsp3) is 0.909. The first kappa shape index (κ1) is 11.5. The van der Waals surface area contributed by atoms with Crippen LogP contribution in [-0.4, -0.2) is 29.9 Å². The fourth-order valence-electron chi connectivity index (χ4n) is 1.97. The summed E-state index contributed by atoms with van der Waals surface area (Å²) in [6.07, 6.45) is 6.15. The molecular weight excluding hydrogens is 176 g/mol. The van der Waals surface area contributed by atoms with Crippen LogP contribution in [0.25, 0.3) is 0 Å². The Morgan fingerprint density at radius 2 is 2.00 bits per heavy atom. The van der Waals surface area contributed by atoms with Crippen LogP contribution in [0, 0.1) is 0 Å². The van der Waals surface area contributed by atoms with Crippen LogP contribution in [0.4, 0.5) is 0 Å². The van der Waals surface area contributed by atoms with Crippen LogP contribution < -0.4 is 5.73 Å². The van der Waals surface area contributed by atoms with Crippen LogP contribution in [0.2, 0.25) is 0 Å². The van der Waals surface area contributed by atoms with Gasteiger partial charge in [-0.3, -0.25) is 4.79 Å². The number of likely N-dealkylation sites (tertiary alicyclic amines) is 1. The molecule has 1 heterocycles. The molecule has 1 aliphatic rings. The summed E-state index contributed by atoms with van der Waals surface area (Å²) in [7, 11) is 0. The van der Waals surface area contributed by atoms with Crippen LogP contribution in [-0.2, 0) is 4.79 Å². The molecule has 1 unspecified atom stereocenters. The van der Waals surface area contributed by atoms with Gasteiger partial charge in [0, 0.05) is 25.6 Å². The van der Waals surface area contributed by atoms with Gasteiger partial charge >= 0.3 is 0 Å². The quantitative estimate of drug-likeness (QED) is 0.744. The summed E-state index contributed by atoms with van der Waals surface area (Å²) in [5.74, 6) is 0.255. The Bertz CT molecular complexity index is 176. The number of carbonyl (C=O) groups is 1. The van der Waals surface area contributed by atoms with Crippen LogP contribution in [0.15, 0.2) is 0 Å². The van der Waals surface area contributed by atoms with Crippen LogP contribution in [0.5, 0.6) is 0 Å². The third kappa shape index (κ3) is 3.66. The zero-order chi connectivity index (χ0) is 10.4. The fourth-order valence-corrected chi connectivity index (χ4v) is 1.97. The third-order valence-electron chi connectivity index (χ3n) is 2.81. The van der Waals surface area contributed by atoms with E-state index in [2.05, 4.69) is 6.92 Å². The molecule has 0 aromatic carbocycles. The average Bonchev–Trinajstić information content (AvgIpc) is 2.19. The highest BCUT2D eigenvalue weighted by Gasteiger charge is 2.18. The van der Waals surface area contributed by atoms with Gasteiger partial charge in [0.15, 0.2) is 0 Å². The number of hydrogen-bond acceptors (Lipinski definition) is 2. The van der Waals surface area contributed by atoms with Gasteiger partial charge in [-0.15, -0.1) is 0 Å². The maximum absolute atomic E-state index is 11.7. The lowest BCUT2D eigenvalue weighted by atomic mass is 10.1. The minimum absolute atomic E-state index is 0.0643. The van der Waals surface area contributed by atoms with E-state index in [9.17, 15) is 4.79 Å². The molecule has 1 rings (SSSR count). The zero-order valence-corrected chi connectivity index (χ0v) is 9.17. The van der Waals surface area contributed by atoms with Crippen molar-refractivity contribution in [1.82, 2.24) is 4.90 Å². The first-order chi connectivity index (χ1) is 6.74. The second kappa shape index (κ2) is 6.02. The highest BCUT2D eigenvalue weighted by molar-refractivity contribution is 5.76. The lowest BCUT2D eigenvalue weighted by molar-refractivity contribution is -0.132. The summed E-state index contributed by atoms with van der Waals surface area (Å²) in [6, 6.07) is 0.0643. The molecule has 1 atom stereocenters. The molecule has 3 heteroatoms. The van der Waals surface area contributed by atoms with E-state index < -0.39 is 0 Å². The predicted octanol–water partition coefficient (Wildman–Crippen LogP) is 1.52. The van der Waals surface area contributed by atoms with E-state index in [0.717, 1.165) is 38.8 Å². The van der Waals surface area contributed by atoms with Crippen molar-refractivity contribution in [3.63, 3.8) is 0 Å². The van der Waals surface area contributed by atoms with Gasteiger partial charge in [-0.25, -0.2) is 0 Å². The lowest BCUT2D eigenvalue weighted by Gasteiger charge is -2.27. The van der Waals surface area contributed by atoms with Crippen molar-refractivity contribution in [1.29, 1.82) is 0 Å². The number of carbonyl (C=O) groups excluding carboxylic acids is 1. The van der Waals surface area contributed by atoms with Crippen molar-refractivity contribution in [3.8, 4) is 0 Å². The Hall–Kier alpha value is -0.570. The zero-order valence-electron chi connectivity index (χ0n) is 9.17. The molecule has 0 spiro atoms. The Morgan fingerprint density at radius 1 is 1.36 bits per heavy atom. The number of piperidine rings is 1. The highest BCUT2D eigenvalue weighted by atomic mass is 16.2. The van der Waals surface area contributed by atoms with Gasteiger partial charge in [0.05, 0.1) is 0 Å². The van der Waals surface area contributed by atoms with E-state index in [0.29, 0.717) is 6.42 Å². The van der Waals surface area contributed by atoms with E-state index in [1.54, 1.807) is 0 Å². The normalized spacial score (nSPS) is 19.4. The van der Waals surface area contributed by atoms with Gasteiger partial charge in [0.25, 0.3) is 0 Å². The standard InChI is InChI=1S/C11H22N2O/c1-2-6-10(12)9-11(14)13-7-4-3-5-8-13/h10H,2-9,12H2,1H3. The monoisotopic (exact) mass is 198 g/mol. The van der Waals surface area contributed by atoms with Crippen LogP contribution >= 0.6 is 0 Å². The first-order valence-electron chi connectivity index (χ1n) is 5.77. The highest BCUT2D eigenvalue weighted by Crippen LogP contribution is 2.11. The molecule has 0 bridgehead atoms. The van der Waals surface area contributed by atoms with Crippen molar-refractivity contribution >= 4 is 5.91 Å². The molecular formula is C11H22N2O. The predicted molar refractivity (Wildman–Crippen MR) is 57.9 cm³/mol. The lowest BCUT2D eigenvalue weighted by Crippen LogP contribution is -2.38. The van der Waals surface area contributed by atoms with Gasteiger partial charge < -0.3 is 10.6 Å². The van der Waals surface area contributed by atoms with Crippen molar-refractivity contribution < 1.29 is 4.79 Å². The second-order valence-corrected chi connectivity index (χ2v) is 4.19. The Labute approximate surface area is 86.6 Å². The third-order valence-corrected chi connectivity index (χ3v) is 2.81. The largest absolute Gasteiger partial charge is 0.343 e. The summed E-state index contributed by atoms with van der Waals surface area (Å²) in [5, 5.41) is 0. The number of nitrogens with two attached hydrogens (primary N) is 1. The molecule has 0 aliphatic carbocycles. The number of hydrogen-bond donors (Lipinski definition) is 1. The summed E-state index contributed by atoms with van der Waals surface area (Å²) in [4.78, 5) is 13.7. The number of amides is 1. The van der Waals surface area contributed by atoms with E-state index in [1.807, 2.05) is 4.90 Å². The molecule has 0 radical (unpaired) electrons. The molecule has 2 N–H and O–H groups in total. The summed E-state index contributed by atoms with van der Waals surface area (Å²) in [5.41, 5.74) is 5.84. The summed E-state index contributed by atoms with van der Waals surface area (Å²) >= 11 is 0. The average molecular weight is 198 g/mol.